The van der Waals surface area contributed by atoms with Gasteiger partial charge in [0.15, 0.2) is 0 Å². The van der Waals surface area contributed by atoms with Crippen molar-refractivity contribution in [2.24, 2.45) is 0 Å². The molecule has 0 heterocycles. The lowest BCUT2D eigenvalue weighted by molar-refractivity contribution is 0.187. The van der Waals surface area contributed by atoms with Crippen molar-refractivity contribution in [3.05, 3.63) is 59.7 Å². The zero-order valence-electron chi connectivity index (χ0n) is 16.1. The number of nitrogens with one attached hydrogen (secondary N) is 1. The highest BCUT2D eigenvalue weighted by atomic mass is 32.2. The fourth-order valence-electron chi connectivity index (χ4n) is 2.55. The first-order chi connectivity index (χ1) is 12.7. The summed E-state index contributed by atoms with van der Waals surface area (Å²) in [6, 6.07) is 14.2. The van der Waals surface area contributed by atoms with Crippen LogP contribution in [0.15, 0.2) is 48.5 Å². The molecule has 0 aromatic heterocycles. The number of rotatable bonds is 7. The molecule has 0 unspecified atom stereocenters. The van der Waals surface area contributed by atoms with Crippen LogP contribution in [-0.2, 0) is 16.7 Å². The number of urea groups is 1. The van der Waals surface area contributed by atoms with E-state index in [-0.39, 0.29) is 17.8 Å². The lowest BCUT2D eigenvalue weighted by Gasteiger charge is -2.29. The Labute approximate surface area is 161 Å². The van der Waals surface area contributed by atoms with E-state index in [4.69, 9.17) is 4.18 Å². The van der Waals surface area contributed by atoms with Crippen LogP contribution in [0.4, 0.5) is 10.5 Å². The molecular weight excluding hydrogens is 364 g/mol. The van der Waals surface area contributed by atoms with Gasteiger partial charge in [-0.3, -0.25) is 0 Å². The largest absolute Gasteiger partial charge is 0.383 e. The number of anilines is 1. The van der Waals surface area contributed by atoms with Gasteiger partial charge in [-0.25, -0.2) is 4.79 Å². The number of nitrogens with zero attached hydrogens (tertiary/aromatic N) is 1. The molecule has 7 heteroatoms. The van der Waals surface area contributed by atoms with Gasteiger partial charge in [0.25, 0.3) is 0 Å². The van der Waals surface area contributed by atoms with Gasteiger partial charge in [0.2, 0.25) is 0 Å². The van der Waals surface area contributed by atoms with Crippen LogP contribution < -0.4 is 9.50 Å². The van der Waals surface area contributed by atoms with E-state index in [1.807, 2.05) is 51.1 Å². The van der Waals surface area contributed by atoms with E-state index >= 15 is 0 Å². The third-order valence-electron chi connectivity index (χ3n) is 4.19. The Morgan fingerprint density at radius 2 is 1.85 bits per heavy atom. The average molecular weight is 391 g/mol. The van der Waals surface area contributed by atoms with Gasteiger partial charge >= 0.3 is 16.1 Å². The average Bonchev–Trinajstić information content (AvgIpc) is 2.60. The predicted octanol–water partition coefficient (Wildman–Crippen LogP) is 4.17. The molecule has 2 amide bonds. The van der Waals surface area contributed by atoms with Gasteiger partial charge in [-0.2, -0.15) is 8.42 Å². The summed E-state index contributed by atoms with van der Waals surface area (Å²) < 4.78 is 27.6. The van der Waals surface area contributed by atoms with E-state index in [9.17, 15) is 13.2 Å². The Hall–Kier alpha value is -2.54. The number of carbonyl (C=O) groups excluding carboxylic acids is 1. The summed E-state index contributed by atoms with van der Waals surface area (Å²) in [7, 11) is -3.60. The molecule has 0 aliphatic rings. The Bertz CT molecular complexity index is 879. The molecule has 0 bridgehead atoms. The second-order valence-corrected chi connectivity index (χ2v) is 8.19. The first kappa shape index (κ1) is 20.8. The van der Waals surface area contributed by atoms with Crippen LogP contribution in [-0.4, -0.2) is 31.6 Å². The van der Waals surface area contributed by atoms with E-state index in [2.05, 4.69) is 5.32 Å². The lowest BCUT2D eigenvalue weighted by Crippen LogP contribution is -2.40. The fraction of sp³-hybridized carbons (Fsp3) is 0.350. The van der Waals surface area contributed by atoms with E-state index in [1.54, 1.807) is 23.1 Å². The normalized spacial score (nSPS) is 12.3. The first-order valence-electron chi connectivity index (χ1n) is 8.80. The summed E-state index contributed by atoms with van der Waals surface area (Å²) in [4.78, 5) is 14.5. The monoisotopic (exact) mass is 390 g/mol. The smallest absolute Gasteiger partial charge is 0.322 e. The summed E-state index contributed by atoms with van der Waals surface area (Å²) in [5.41, 5.74) is 2.64. The minimum Gasteiger partial charge on any atom is -0.383 e. The van der Waals surface area contributed by atoms with E-state index in [0.717, 1.165) is 29.5 Å². The molecule has 0 spiro atoms. The standard InChI is InChI=1S/C20H26N2O4S/c1-5-16(3)22(20(23)21-18-11-9-15(2)10-12-18)14-17-7-6-8-19(13-17)26-27(4,24)25/h6-13,16H,5,14H2,1-4H3,(H,21,23)/t16-/m0/s1. The van der Waals surface area contributed by atoms with Crippen molar-refractivity contribution in [1.29, 1.82) is 0 Å². The van der Waals surface area contributed by atoms with Gasteiger partial charge in [0.05, 0.1) is 6.26 Å². The highest BCUT2D eigenvalue weighted by molar-refractivity contribution is 7.86. The fourth-order valence-corrected chi connectivity index (χ4v) is 3.00. The van der Waals surface area contributed by atoms with Crippen LogP contribution in [0.25, 0.3) is 0 Å². The molecule has 2 rings (SSSR count). The molecule has 2 aromatic carbocycles. The minimum absolute atomic E-state index is 0.00920. The molecule has 0 saturated carbocycles. The van der Waals surface area contributed by atoms with Gasteiger partial charge in [-0.15, -0.1) is 0 Å². The molecule has 27 heavy (non-hydrogen) atoms. The molecule has 146 valence electrons. The summed E-state index contributed by atoms with van der Waals surface area (Å²) in [5, 5.41) is 2.92. The Morgan fingerprint density at radius 3 is 2.44 bits per heavy atom. The maximum atomic E-state index is 12.8. The second-order valence-electron chi connectivity index (χ2n) is 6.62. The third-order valence-corrected chi connectivity index (χ3v) is 4.68. The Morgan fingerprint density at radius 1 is 1.19 bits per heavy atom. The molecule has 0 fully saturated rings. The second kappa shape index (κ2) is 8.90. The SMILES string of the molecule is CC[C@H](C)N(Cc1cccc(OS(C)(=O)=O)c1)C(=O)Nc1ccc(C)cc1. The highest BCUT2D eigenvalue weighted by Crippen LogP contribution is 2.19. The van der Waals surface area contributed by atoms with Gasteiger partial charge in [0, 0.05) is 18.3 Å². The first-order valence-corrected chi connectivity index (χ1v) is 10.6. The van der Waals surface area contributed by atoms with Crippen LogP contribution in [0.2, 0.25) is 0 Å². The maximum Gasteiger partial charge on any atom is 0.322 e. The molecular formula is C20H26N2O4S. The van der Waals surface area contributed by atoms with Crippen LogP contribution in [0, 0.1) is 6.92 Å². The summed E-state index contributed by atoms with van der Waals surface area (Å²) in [5.74, 6) is 0.234. The Kier molecular flexibility index (Phi) is 6.85. The number of carbonyl (C=O) groups is 1. The molecule has 1 N–H and O–H groups in total. The zero-order chi connectivity index (χ0) is 20.0. The summed E-state index contributed by atoms with van der Waals surface area (Å²) >= 11 is 0. The number of benzene rings is 2. The predicted molar refractivity (Wildman–Crippen MR) is 107 cm³/mol. The topological polar surface area (TPSA) is 75.7 Å². The van der Waals surface area contributed by atoms with Crippen LogP contribution >= 0.6 is 0 Å². The zero-order valence-corrected chi connectivity index (χ0v) is 16.9. The molecule has 0 aliphatic carbocycles. The van der Waals surface area contributed by atoms with Crippen molar-refractivity contribution < 1.29 is 17.4 Å². The molecule has 0 radical (unpaired) electrons. The molecule has 2 aromatic rings. The van der Waals surface area contributed by atoms with E-state index < -0.39 is 10.1 Å². The Balaban J connectivity index is 2.17. The molecule has 6 nitrogen and oxygen atoms in total. The van der Waals surface area contributed by atoms with Gasteiger partial charge in [-0.05, 0) is 50.1 Å². The molecule has 1 atom stereocenters. The number of amides is 2. The maximum absolute atomic E-state index is 12.8. The van der Waals surface area contributed by atoms with Crippen molar-refractivity contribution in [3.8, 4) is 5.75 Å². The van der Waals surface area contributed by atoms with Crippen molar-refractivity contribution >= 4 is 21.8 Å². The highest BCUT2D eigenvalue weighted by Gasteiger charge is 2.20. The molecule has 0 aliphatic heterocycles. The van der Waals surface area contributed by atoms with Gasteiger partial charge in [-0.1, -0.05) is 36.8 Å². The van der Waals surface area contributed by atoms with Crippen molar-refractivity contribution in [1.82, 2.24) is 4.90 Å². The summed E-state index contributed by atoms with van der Waals surface area (Å²) in [6.45, 7) is 6.32. The van der Waals surface area contributed by atoms with Crippen molar-refractivity contribution in [2.75, 3.05) is 11.6 Å². The van der Waals surface area contributed by atoms with Gasteiger partial charge in [0.1, 0.15) is 5.75 Å². The number of hydrogen-bond acceptors (Lipinski definition) is 4. The summed E-state index contributed by atoms with van der Waals surface area (Å²) in [6.07, 6.45) is 1.79. The number of hydrogen-bond donors (Lipinski definition) is 1. The minimum atomic E-state index is -3.60. The van der Waals surface area contributed by atoms with Crippen LogP contribution in [0.5, 0.6) is 5.75 Å². The van der Waals surface area contributed by atoms with Crippen LogP contribution in [0.1, 0.15) is 31.4 Å². The quantitative estimate of drug-likeness (QED) is 0.720. The van der Waals surface area contributed by atoms with Crippen molar-refractivity contribution in [3.63, 3.8) is 0 Å². The number of aryl methyl sites for hydroxylation is 1. The van der Waals surface area contributed by atoms with Crippen LogP contribution in [0.3, 0.4) is 0 Å². The third kappa shape index (κ3) is 6.60. The van der Waals surface area contributed by atoms with E-state index in [0.29, 0.717) is 6.54 Å². The van der Waals surface area contributed by atoms with Gasteiger partial charge < -0.3 is 14.4 Å². The van der Waals surface area contributed by atoms with Crippen molar-refractivity contribution in [2.45, 2.75) is 39.8 Å². The molecule has 0 saturated heterocycles. The lowest BCUT2D eigenvalue weighted by atomic mass is 10.1. The van der Waals surface area contributed by atoms with E-state index in [1.165, 1.54) is 0 Å².